The summed E-state index contributed by atoms with van der Waals surface area (Å²) in [6.07, 6.45) is 0. The molecular formula is C22H16F3N3O3. The molecule has 2 aromatic heterocycles. The van der Waals surface area contributed by atoms with Crippen LogP contribution in [0.2, 0.25) is 0 Å². The Hall–Kier alpha value is -3.59. The highest BCUT2D eigenvalue weighted by Crippen LogP contribution is 2.34. The summed E-state index contributed by atoms with van der Waals surface area (Å²) >= 11 is 0. The van der Waals surface area contributed by atoms with Crippen molar-refractivity contribution >= 4 is 27.6 Å². The highest BCUT2D eigenvalue weighted by molar-refractivity contribution is 5.98. The molecule has 0 aliphatic carbocycles. The molecule has 2 aromatic carbocycles. The van der Waals surface area contributed by atoms with Gasteiger partial charge >= 0.3 is 0 Å². The lowest BCUT2D eigenvalue weighted by molar-refractivity contribution is 0.0333. The van der Waals surface area contributed by atoms with E-state index >= 15 is 0 Å². The molecule has 0 spiro atoms. The zero-order chi connectivity index (χ0) is 21.9. The molecule has 158 valence electrons. The summed E-state index contributed by atoms with van der Waals surface area (Å²) in [6, 6.07) is 7.19. The topological polar surface area (TPSA) is 78.2 Å². The molecule has 2 N–H and O–H groups in total. The second-order valence-corrected chi connectivity index (χ2v) is 7.49. The number of halogens is 3. The van der Waals surface area contributed by atoms with Crippen LogP contribution in [-0.2, 0) is 11.3 Å². The Bertz CT molecular complexity index is 1430. The number of likely N-dealkylation sites (N-methyl/N-ethyl adjacent to an activating group) is 1. The number of pyridine rings is 1. The maximum absolute atomic E-state index is 14.0. The number of fused-ring (bicyclic) bond motifs is 4. The third kappa shape index (κ3) is 3.00. The molecule has 5 rings (SSSR count). The van der Waals surface area contributed by atoms with Crippen molar-refractivity contribution in [3.8, 4) is 0 Å². The maximum Gasteiger partial charge on any atom is 0.270 e. The predicted octanol–water partition coefficient (Wildman–Crippen LogP) is 3.77. The second-order valence-electron chi connectivity index (χ2n) is 7.49. The quantitative estimate of drug-likeness (QED) is 0.511. The van der Waals surface area contributed by atoms with Crippen molar-refractivity contribution in [2.45, 2.75) is 12.6 Å². The largest absolute Gasteiger partial charge is 0.373 e. The molecule has 1 aliphatic heterocycles. The molecule has 1 atom stereocenters. The van der Waals surface area contributed by atoms with E-state index in [1.54, 1.807) is 18.2 Å². The summed E-state index contributed by atoms with van der Waals surface area (Å²) in [5.74, 6) is -3.15. The first kappa shape index (κ1) is 19.4. The first-order valence-electron chi connectivity index (χ1n) is 9.51. The van der Waals surface area contributed by atoms with Crippen LogP contribution in [0.4, 0.5) is 13.2 Å². The highest BCUT2D eigenvalue weighted by atomic mass is 19.2. The van der Waals surface area contributed by atoms with Crippen LogP contribution < -0.4 is 5.56 Å². The number of aromatic nitrogens is 2. The molecule has 0 bridgehead atoms. The minimum Gasteiger partial charge on any atom is -0.373 e. The van der Waals surface area contributed by atoms with Crippen molar-refractivity contribution in [1.29, 1.82) is 0 Å². The van der Waals surface area contributed by atoms with Crippen molar-refractivity contribution in [2.24, 2.45) is 0 Å². The molecule has 4 aromatic rings. The number of aromatic amines is 2. The minimum absolute atomic E-state index is 0.0157. The number of rotatable bonds is 2. The normalized spacial score (nSPS) is 15.9. The van der Waals surface area contributed by atoms with Crippen LogP contribution in [0.5, 0.6) is 0 Å². The van der Waals surface area contributed by atoms with E-state index < -0.39 is 35.0 Å². The zero-order valence-corrected chi connectivity index (χ0v) is 16.3. The van der Waals surface area contributed by atoms with Gasteiger partial charge in [-0.1, -0.05) is 12.1 Å². The summed E-state index contributed by atoms with van der Waals surface area (Å²) in [7, 11) is 1.53. The molecule has 0 saturated heterocycles. The number of amides is 1. The van der Waals surface area contributed by atoms with Crippen molar-refractivity contribution in [3.63, 3.8) is 0 Å². The average Bonchev–Trinajstić information content (AvgIpc) is 3.19. The third-order valence-electron chi connectivity index (χ3n) is 5.66. The smallest absolute Gasteiger partial charge is 0.270 e. The minimum atomic E-state index is -1.13. The molecule has 0 radical (unpaired) electrons. The van der Waals surface area contributed by atoms with Gasteiger partial charge in [-0.05, 0) is 29.7 Å². The number of hydrogen-bond acceptors (Lipinski definition) is 3. The third-order valence-corrected chi connectivity index (χ3v) is 5.66. The molecule has 1 amide bonds. The lowest BCUT2D eigenvalue weighted by atomic mass is 9.95. The summed E-state index contributed by atoms with van der Waals surface area (Å²) in [6.45, 7) is 0.152. The molecular weight excluding hydrogens is 411 g/mol. The number of para-hydroxylation sites is 1. The fourth-order valence-corrected chi connectivity index (χ4v) is 4.11. The number of ether oxygens (including phenoxy) is 1. The van der Waals surface area contributed by atoms with Gasteiger partial charge in [0.15, 0.2) is 11.6 Å². The van der Waals surface area contributed by atoms with Gasteiger partial charge in [0.25, 0.3) is 11.5 Å². The van der Waals surface area contributed by atoms with E-state index in [0.717, 1.165) is 12.1 Å². The van der Waals surface area contributed by atoms with Crippen molar-refractivity contribution in [3.05, 3.63) is 81.2 Å². The Labute approximate surface area is 173 Å². The Morgan fingerprint density at radius 2 is 1.81 bits per heavy atom. The summed E-state index contributed by atoms with van der Waals surface area (Å²) in [5, 5.41) is 0.746. The maximum atomic E-state index is 14.0. The monoisotopic (exact) mass is 427 g/mol. The van der Waals surface area contributed by atoms with E-state index in [4.69, 9.17) is 4.74 Å². The van der Waals surface area contributed by atoms with E-state index in [-0.39, 0.29) is 35.2 Å². The van der Waals surface area contributed by atoms with Gasteiger partial charge in [0.2, 0.25) is 0 Å². The molecule has 31 heavy (non-hydrogen) atoms. The van der Waals surface area contributed by atoms with Crippen LogP contribution in [-0.4, -0.2) is 34.4 Å². The number of nitrogens with one attached hydrogen (secondary N) is 2. The molecule has 1 aliphatic rings. The number of carbonyl (C=O) groups is 1. The fourth-order valence-electron chi connectivity index (χ4n) is 4.11. The van der Waals surface area contributed by atoms with E-state index in [9.17, 15) is 22.8 Å². The Balaban J connectivity index is 1.62. The van der Waals surface area contributed by atoms with Crippen molar-refractivity contribution in [2.75, 3.05) is 13.7 Å². The fraction of sp³-hybridized carbons (Fsp3) is 0.182. The van der Waals surface area contributed by atoms with Crippen molar-refractivity contribution < 1.29 is 22.7 Å². The van der Waals surface area contributed by atoms with Gasteiger partial charge in [-0.2, -0.15) is 0 Å². The van der Waals surface area contributed by atoms with Gasteiger partial charge in [-0.25, -0.2) is 13.2 Å². The van der Waals surface area contributed by atoms with Gasteiger partial charge in [0.05, 0.1) is 30.2 Å². The Morgan fingerprint density at radius 1 is 1.06 bits per heavy atom. The lowest BCUT2D eigenvalue weighted by Gasteiger charge is -2.33. The summed E-state index contributed by atoms with van der Waals surface area (Å²) in [5.41, 5.74) is 0.685. The van der Waals surface area contributed by atoms with Gasteiger partial charge in [-0.15, -0.1) is 0 Å². The lowest BCUT2D eigenvalue weighted by Crippen LogP contribution is -2.37. The number of hydrogen-bond donors (Lipinski definition) is 2. The number of benzene rings is 2. The van der Waals surface area contributed by atoms with E-state index in [2.05, 4.69) is 9.97 Å². The summed E-state index contributed by atoms with van der Waals surface area (Å²) < 4.78 is 47.3. The van der Waals surface area contributed by atoms with Crippen molar-refractivity contribution in [1.82, 2.24) is 14.9 Å². The summed E-state index contributed by atoms with van der Waals surface area (Å²) in [4.78, 5) is 32.3. The number of carbonyl (C=O) groups excluding carboxylic acids is 1. The molecule has 9 heteroatoms. The number of H-pyrrole nitrogens is 2. The van der Waals surface area contributed by atoms with Crippen LogP contribution in [0, 0.1) is 17.5 Å². The standard InChI is InChI=1S/C22H16F3N3O3/c1-28(22(30)16-5-10-3-2-4-13(23)20(10)26-16)18-9-31-8-17-19(18)11-6-14(24)15(25)7-12(11)21(29)27-17/h2-7,18,26H,8-9H2,1H3,(H,27,29)/t18-/m1/s1. The van der Waals surface area contributed by atoms with Crippen LogP contribution in [0.25, 0.3) is 21.7 Å². The van der Waals surface area contributed by atoms with E-state index in [0.29, 0.717) is 16.6 Å². The van der Waals surface area contributed by atoms with E-state index in [1.165, 1.54) is 18.0 Å². The van der Waals surface area contributed by atoms with Gasteiger partial charge < -0.3 is 19.6 Å². The second kappa shape index (κ2) is 6.98. The SMILES string of the molecule is CN(C(=O)c1cc2cccc(F)c2[nH]1)[C@@H]1COCc2[nH]c(=O)c3cc(F)c(F)cc3c21. The van der Waals surface area contributed by atoms with Crippen LogP contribution in [0.1, 0.15) is 27.8 Å². The first-order valence-corrected chi connectivity index (χ1v) is 9.51. The van der Waals surface area contributed by atoms with Crippen LogP contribution in [0.15, 0.2) is 41.2 Å². The predicted molar refractivity (Wildman–Crippen MR) is 107 cm³/mol. The molecule has 6 nitrogen and oxygen atoms in total. The van der Waals surface area contributed by atoms with Gasteiger partial charge in [0.1, 0.15) is 11.5 Å². The molecule has 0 fully saturated rings. The van der Waals surface area contributed by atoms with Gasteiger partial charge in [0, 0.05) is 23.7 Å². The Kier molecular flexibility index (Phi) is 4.37. The van der Waals surface area contributed by atoms with E-state index in [1.807, 2.05) is 0 Å². The molecule has 3 heterocycles. The molecule has 0 unspecified atom stereocenters. The average molecular weight is 427 g/mol. The highest BCUT2D eigenvalue weighted by Gasteiger charge is 2.32. The first-order chi connectivity index (χ1) is 14.8. The molecule has 0 saturated carbocycles. The van der Waals surface area contributed by atoms with Gasteiger partial charge in [-0.3, -0.25) is 9.59 Å². The Morgan fingerprint density at radius 3 is 2.55 bits per heavy atom. The van der Waals surface area contributed by atoms with Crippen LogP contribution >= 0.6 is 0 Å². The number of nitrogens with zero attached hydrogens (tertiary/aromatic N) is 1. The van der Waals surface area contributed by atoms with Crippen LogP contribution in [0.3, 0.4) is 0 Å². The zero-order valence-electron chi connectivity index (χ0n) is 16.3.